The van der Waals surface area contributed by atoms with Crippen LogP contribution in [0.25, 0.3) is 0 Å². The fraction of sp³-hybridized carbons (Fsp3) is 0.280. The highest BCUT2D eigenvalue weighted by Crippen LogP contribution is 2.32. The van der Waals surface area contributed by atoms with Crippen molar-refractivity contribution in [2.75, 3.05) is 44.2 Å². The molecule has 0 atom stereocenters. The Bertz CT molecular complexity index is 1230. The minimum atomic E-state index is -4.62. The fourth-order valence-corrected chi connectivity index (χ4v) is 3.80. The lowest BCUT2D eigenvalue weighted by molar-refractivity contribution is -0.138. The number of benzene rings is 2. The van der Waals surface area contributed by atoms with Crippen molar-refractivity contribution in [3.63, 3.8) is 0 Å². The van der Waals surface area contributed by atoms with Gasteiger partial charge in [0, 0.05) is 26.2 Å². The number of amides is 2. The van der Waals surface area contributed by atoms with Crippen LogP contribution in [0.1, 0.15) is 26.4 Å². The van der Waals surface area contributed by atoms with E-state index in [0.29, 0.717) is 24.7 Å². The van der Waals surface area contributed by atoms with Crippen LogP contribution in [0.4, 0.5) is 23.4 Å². The van der Waals surface area contributed by atoms with Gasteiger partial charge in [-0.3, -0.25) is 9.59 Å². The number of anilines is 1. The van der Waals surface area contributed by atoms with E-state index in [1.165, 1.54) is 53.4 Å². The van der Waals surface area contributed by atoms with Crippen molar-refractivity contribution in [2.45, 2.75) is 6.18 Å². The largest absolute Gasteiger partial charge is 0.492 e. The average Bonchev–Trinajstić information content (AvgIpc) is 2.91. The van der Waals surface area contributed by atoms with E-state index in [0.717, 1.165) is 6.07 Å². The Balaban J connectivity index is 1.26. The lowest BCUT2D eigenvalue weighted by atomic mass is 10.1. The average molecular weight is 517 g/mol. The number of aromatic nitrogens is 2. The Morgan fingerprint density at radius 3 is 2.27 bits per heavy atom. The highest BCUT2D eigenvalue weighted by Gasteiger charge is 2.36. The molecule has 1 fully saturated rings. The summed E-state index contributed by atoms with van der Waals surface area (Å²) in [5, 5.41) is 10.7. The first-order valence-corrected chi connectivity index (χ1v) is 11.4. The molecule has 0 bridgehead atoms. The summed E-state index contributed by atoms with van der Waals surface area (Å²) < 4.78 is 58.1. The van der Waals surface area contributed by atoms with E-state index in [9.17, 15) is 27.2 Å². The maximum absolute atomic E-state index is 13.3. The molecule has 1 aromatic heterocycles. The second-order valence-corrected chi connectivity index (χ2v) is 8.16. The maximum atomic E-state index is 13.3. The summed E-state index contributed by atoms with van der Waals surface area (Å²) in [6.07, 6.45) is -4.62. The van der Waals surface area contributed by atoms with Gasteiger partial charge in [-0.15, -0.1) is 10.2 Å². The molecule has 1 aliphatic heterocycles. The number of hydrogen-bond donors (Lipinski definition) is 1. The molecule has 194 valence electrons. The first-order chi connectivity index (χ1) is 17.7. The number of rotatable bonds is 7. The van der Waals surface area contributed by atoms with Crippen LogP contribution in [0.2, 0.25) is 0 Å². The molecule has 1 saturated heterocycles. The van der Waals surface area contributed by atoms with Crippen LogP contribution in [0.5, 0.6) is 5.75 Å². The van der Waals surface area contributed by atoms with Gasteiger partial charge in [0.1, 0.15) is 18.2 Å². The molecule has 2 heterocycles. The van der Waals surface area contributed by atoms with Crippen molar-refractivity contribution >= 4 is 17.6 Å². The van der Waals surface area contributed by atoms with E-state index < -0.39 is 23.6 Å². The van der Waals surface area contributed by atoms with Crippen LogP contribution in [0.3, 0.4) is 0 Å². The first-order valence-electron chi connectivity index (χ1n) is 11.4. The zero-order chi connectivity index (χ0) is 26.4. The lowest BCUT2D eigenvalue weighted by Crippen LogP contribution is -2.49. The van der Waals surface area contributed by atoms with Crippen molar-refractivity contribution in [3.05, 3.63) is 83.3 Å². The smallest absolute Gasteiger partial charge is 0.417 e. The van der Waals surface area contributed by atoms with Gasteiger partial charge in [0.2, 0.25) is 0 Å². The Labute approximate surface area is 209 Å². The van der Waals surface area contributed by atoms with Gasteiger partial charge < -0.3 is 19.9 Å². The van der Waals surface area contributed by atoms with Crippen molar-refractivity contribution in [2.24, 2.45) is 0 Å². The van der Waals surface area contributed by atoms with Crippen LogP contribution in [-0.4, -0.2) is 66.2 Å². The number of halogens is 4. The van der Waals surface area contributed by atoms with Gasteiger partial charge in [-0.2, -0.15) is 13.2 Å². The molecular formula is C25H23F4N5O3. The monoisotopic (exact) mass is 517 g/mol. The first kappa shape index (κ1) is 25.9. The standard InChI is InChI=1S/C25H23F4N5O3/c26-17-5-7-18(8-6-17)37-16-11-30-23(35)21-9-10-22(32-31-21)33-12-14-34(15-13-33)24(36)19-3-1-2-4-20(19)25(27,28)29/h1-10H,11-16H2,(H,30,35). The molecule has 1 aliphatic rings. The van der Waals surface area contributed by atoms with E-state index in [1.807, 2.05) is 4.90 Å². The van der Waals surface area contributed by atoms with Crippen molar-refractivity contribution in [1.82, 2.24) is 20.4 Å². The minimum Gasteiger partial charge on any atom is -0.492 e. The SMILES string of the molecule is O=C(NCCOc1ccc(F)cc1)c1ccc(N2CCN(C(=O)c3ccccc3C(F)(F)F)CC2)nn1. The molecule has 12 heteroatoms. The third-order valence-corrected chi connectivity index (χ3v) is 5.71. The van der Waals surface area contributed by atoms with Crippen LogP contribution in [0.15, 0.2) is 60.7 Å². The van der Waals surface area contributed by atoms with Gasteiger partial charge in [-0.1, -0.05) is 12.1 Å². The fourth-order valence-electron chi connectivity index (χ4n) is 3.80. The predicted octanol–water partition coefficient (Wildman–Crippen LogP) is 3.41. The second-order valence-electron chi connectivity index (χ2n) is 8.16. The Kier molecular flexibility index (Phi) is 7.85. The molecule has 4 rings (SSSR count). The number of hydrogen-bond acceptors (Lipinski definition) is 6. The molecule has 0 saturated carbocycles. The van der Waals surface area contributed by atoms with Gasteiger partial charge in [0.05, 0.1) is 17.7 Å². The number of ether oxygens (including phenoxy) is 1. The summed E-state index contributed by atoms with van der Waals surface area (Å²) in [6, 6.07) is 13.4. The molecule has 2 aromatic carbocycles. The third-order valence-electron chi connectivity index (χ3n) is 5.71. The van der Waals surface area contributed by atoms with Crippen molar-refractivity contribution < 1.29 is 31.9 Å². The second kappa shape index (κ2) is 11.2. The molecule has 8 nitrogen and oxygen atoms in total. The quantitative estimate of drug-likeness (QED) is 0.382. The lowest BCUT2D eigenvalue weighted by Gasteiger charge is -2.35. The van der Waals surface area contributed by atoms with Crippen molar-refractivity contribution in [3.8, 4) is 5.75 Å². The summed E-state index contributed by atoms with van der Waals surface area (Å²) in [6.45, 7) is 1.50. The van der Waals surface area contributed by atoms with E-state index >= 15 is 0 Å². The summed E-state index contributed by atoms with van der Waals surface area (Å²) in [4.78, 5) is 28.2. The van der Waals surface area contributed by atoms with Gasteiger partial charge in [0.25, 0.3) is 11.8 Å². The Morgan fingerprint density at radius 1 is 0.919 bits per heavy atom. The number of alkyl halides is 3. The van der Waals surface area contributed by atoms with Gasteiger partial charge in [-0.25, -0.2) is 4.39 Å². The topological polar surface area (TPSA) is 87.7 Å². The van der Waals surface area contributed by atoms with Gasteiger partial charge in [0.15, 0.2) is 11.5 Å². The molecule has 0 unspecified atom stereocenters. The number of carbonyl (C=O) groups is 2. The van der Waals surface area contributed by atoms with Gasteiger partial charge in [-0.05, 0) is 48.5 Å². The van der Waals surface area contributed by atoms with E-state index in [-0.39, 0.29) is 43.3 Å². The normalized spacial score (nSPS) is 13.8. The molecule has 0 radical (unpaired) electrons. The number of piperazine rings is 1. The minimum absolute atomic E-state index is 0.100. The number of nitrogens with zero attached hydrogens (tertiary/aromatic N) is 4. The molecular weight excluding hydrogens is 494 g/mol. The zero-order valence-electron chi connectivity index (χ0n) is 19.5. The number of carbonyl (C=O) groups excluding carboxylic acids is 2. The third kappa shape index (κ3) is 6.51. The van der Waals surface area contributed by atoms with Crippen LogP contribution in [0, 0.1) is 5.82 Å². The Hall–Kier alpha value is -4.22. The molecule has 0 spiro atoms. The van der Waals surface area contributed by atoms with E-state index in [2.05, 4.69) is 15.5 Å². The van der Waals surface area contributed by atoms with Crippen molar-refractivity contribution in [1.29, 1.82) is 0 Å². The molecule has 37 heavy (non-hydrogen) atoms. The molecule has 1 N–H and O–H groups in total. The number of nitrogens with one attached hydrogen (secondary N) is 1. The molecule has 3 aromatic rings. The van der Waals surface area contributed by atoms with Crippen LogP contribution in [-0.2, 0) is 6.18 Å². The highest BCUT2D eigenvalue weighted by molar-refractivity contribution is 5.96. The zero-order valence-corrected chi connectivity index (χ0v) is 19.5. The summed E-state index contributed by atoms with van der Waals surface area (Å²) in [5.41, 5.74) is -1.23. The molecule has 2 amide bonds. The Morgan fingerprint density at radius 2 is 1.62 bits per heavy atom. The van der Waals surface area contributed by atoms with Crippen LogP contribution >= 0.6 is 0 Å². The molecule has 0 aliphatic carbocycles. The van der Waals surface area contributed by atoms with E-state index in [1.54, 1.807) is 6.07 Å². The summed E-state index contributed by atoms with van der Waals surface area (Å²) in [5.74, 6) is -0.524. The van der Waals surface area contributed by atoms with Crippen LogP contribution < -0.4 is 15.0 Å². The maximum Gasteiger partial charge on any atom is 0.417 e. The predicted molar refractivity (Wildman–Crippen MR) is 126 cm³/mol. The van der Waals surface area contributed by atoms with E-state index in [4.69, 9.17) is 4.74 Å². The highest BCUT2D eigenvalue weighted by atomic mass is 19.4. The van der Waals surface area contributed by atoms with Gasteiger partial charge >= 0.3 is 6.18 Å². The summed E-state index contributed by atoms with van der Waals surface area (Å²) >= 11 is 0. The summed E-state index contributed by atoms with van der Waals surface area (Å²) in [7, 11) is 0.